The van der Waals surface area contributed by atoms with E-state index in [1.807, 2.05) is 42.7 Å². The smallest absolute Gasteiger partial charge is 0.251 e. The quantitative estimate of drug-likeness (QED) is 0.685. The molecule has 0 spiro atoms. The Morgan fingerprint density at radius 3 is 2.52 bits per heavy atom. The van der Waals surface area contributed by atoms with Crippen LogP contribution in [-0.4, -0.2) is 22.0 Å². The van der Waals surface area contributed by atoms with Gasteiger partial charge in [0.2, 0.25) is 0 Å². The highest BCUT2D eigenvalue weighted by molar-refractivity contribution is 5.97. The van der Waals surface area contributed by atoms with E-state index in [0.29, 0.717) is 11.5 Å². The van der Waals surface area contributed by atoms with Crippen molar-refractivity contribution >= 4 is 16.9 Å². The molecule has 138 valence electrons. The summed E-state index contributed by atoms with van der Waals surface area (Å²) in [5, 5.41) is 3.18. The van der Waals surface area contributed by atoms with Crippen LogP contribution in [0.3, 0.4) is 0 Å². The molecule has 0 atom stereocenters. The van der Waals surface area contributed by atoms with Crippen molar-refractivity contribution in [2.24, 2.45) is 17.8 Å². The zero-order valence-electron chi connectivity index (χ0n) is 15.5. The van der Waals surface area contributed by atoms with Gasteiger partial charge in [0.25, 0.3) is 5.91 Å². The van der Waals surface area contributed by atoms with Gasteiger partial charge in [-0.25, -0.2) is 4.98 Å². The summed E-state index contributed by atoms with van der Waals surface area (Å²) in [6.45, 7) is 1.61. The number of amides is 1. The van der Waals surface area contributed by atoms with Gasteiger partial charge in [0.1, 0.15) is 0 Å². The SMILES string of the molecule is O=C(NCC(C1CC1)C1CC1)c1ccc2c(c1)ncn2Cc1ccccc1. The standard InChI is InChI=1S/C23H25N3O/c27-23(24-13-20(17-6-7-17)18-8-9-18)19-10-11-22-21(12-19)25-15-26(22)14-16-4-2-1-3-5-16/h1-5,10-12,15,17-18,20H,6-9,13-14H2,(H,24,27). The minimum absolute atomic E-state index is 0.0285. The molecule has 5 rings (SSSR count). The molecule has 2 aliphatic carbocycles. The molecule has 4 heteroatoms. The highest BCUT2D eigenvalue weighted by atomic mass is 16.1. The molecule has 0 aliphatic heterocycles. The van der Waals surface area contributed by atoms with Crippen LogP contribution in [0.4, 0.5) is 0 Å². The molecule has 1 heterocycles. The Hall–Kier alpha value is -2.62. The van der Waals surface area contributed by atoms with Gasteiger partial charge < -0.3 is 9.88 Å². The van der Waals surface area contributed by atoms with E-state index in [9.17, 15) is 4.79 Å². The maximum Gasteiger partial charge on any atom is 0.251 e. The maximum atomic E-state index is 12.6. The normalized spacial score (nSPS) is 16.8. The largest absolute Gasteiger partial charge is 0.352 e. The summed E-state index contributed by atoms with van der Waals surface area (Å²) in [7, 11) is 0. The number of carbonyl (C=O) groups is 1. The zero-order valence-corrected chi connectivity index (χ0v) is 15.5. The molecule has 4 nitrogen and oxygen atoms in total. The van der Waals surface area contributed by atoms with Gasteiger partial charge in [-0.2, -0.15) is 0 Å². The van der Waals surface area contributed by atoms with Crippen molar-refractivity contribution in [1.82, 2.24) is 14.9 Å². The van der Waals surface area contributed by atoms with Gasteiger partial charge in [-0.05, 0) is 67.2 Å². The number of nitrogens with zero attached hydrogens (tertiary/aromatic N) is 2. The first-order valence-electron chi connectivity index (χ1n) is 10.0. The first-order valence-corrected chi connectivity index (χ1v) is 10.0. The summed E-state index contributed by atoms with van der Waals surface area (Å²) in [6, 6.07) is 16.2. The lowest BCUT2D eigenvalue weighted by molar-refractivity contribution is 0.0943. The summed E-state index contributed by atoms with van der Waals surface area (Å²) in [5.74, 6) is 2.44. The zero-order chi connectivity index (χ0) is 18.2. The second-order valence-corrected chi connectivity index (χ2v) is 8.11. The molecule has 0 bridgehead atoms. The number of benzene rings is 2. The van der Waals surface area contributed by atoms with Crippen molar-refractivity contribution in [3.63, 3.8) is 0 Å². The van der Waals surface area contributed by atoms with Gasteiger partial charge in [-0.15, -0.1) is 0 Å². The van der Waals surface area contributed by atoms with Crippen LogP contribution in [0.5, 0.6) is 0 Å². The Balaban J connectivity index is 1.29. The second kappa shape index (κ2) is 6.84. The molecule has 27 heavy (non-hydrogen) atoms. The average Bonchev–Trinajstić information content (AvgIpc) is 3.62. The lowest BCUT2D eigenvalue weighted by Gasteiger charge is -2.16. The fourth-order valence-corrected chi connectivity index (χ4v) is 4.19. The van der Waals surface area contributed by atoms with E-state index in [1.54, 1.807) is 0 Å². The molecule has 2 saturated carbocycles. The Kier molecular flexibility index (Phi) is 4.19. The number of imidazole rings is 1. The van der Waals surface area contributed by atoms with Crippen molar-refractivity contribution in [3.8, 4) is 0 Å². The van der Waals surface area contributed by atoms with Crippen LogP contribution in [-0.2, 0) is 6.54 Å². The highest BCUT2D eigenvalue weighted by Crippen LogP contribution is 2.48. The molecule has 2 fully saturated rings. The summed E-state index contributed by atoms with van der Waals surface area (Å²) in [5.41, 5.74) is 3.88. The Labute approximate surface area is 159 Å². The van der Waals surface area contributed by atoms with Gasteiger partial charge in [0.05, 0.1) is 17.4 Å². The van der Waals surface area contributed by atoms with Gasteiger partial charge in [-0.1, -0.05) is 30.3 Å². The number of rotatable bonds is 7. The van der Waals surface area contributed by atoms with Gasteiger partial charge in [-0.3, -0.25) is 4.79 Å². The van der Waals surface area contributed by atoms with Crippen molar-refractivity contribution in [1.29, 1.82) is 0 Å². The lowest BCUT2D eigenvalue weighted by Crippen LogP contribution is -2.31. The number of carbonyl (C=O) groups excluding carboxylic acids is 1. The van der Waals surface area contributed by atoms with Crippen molar-refractivity contribution < 1.29 is 4.79 Å². The molecule has 2 aliphatic rings. The van der Waals surface area contributed by atoms with E-state index in [4.69, 9.17) is 0 Å². The van der Waals surface area contributed by atoms with Gasteiger partial charge in [0.15, 0.2) is 0 Å². The van der Waals surface area contributed by atoms with Gasteiger partial charge >= 0.3 is 0 Å². The second-order valence-electron chi connectivity index (χ2n) is 8.11. The van der Waals surface area contributed by atoms with E-state index in [2.05, 4.69) is 27.0 Å². The minimum atomic E-state index is 0.0285. The van der Waals surface area contributed by atoms with Crippen LogP contribution in [0.2, 0.25) is 0 Å². The summed E-state index contributed by atoms with van der Waals surface area (Å²) < 4.78 is 2.13. The predicted molar refractivity (Wildman–Crippen MR) is 107 cm³/mol. The fourth-order valence-electron chi connectivity index (χ4n) is 4.19. The minimum Gasteiger partial charge on any atom is -0.352 e. The van der Waals surface area contributed by atoms with Crippen LogP contribution in [0.25, 0.3) is 11.0 Å². The maximum absolute atomic E-state index is 12.6. The van der Waals surface area contributed by atoms with Crippen molar-refractivity contribution in [3.05, 3.63) is 66.0 Å². The number of aromatic nitrogens is 2. The van der Waals surface area contributed by atoms with Crippen LogP contribution in [0.1, 0.15) is 41.6 Å². The molecule has 1 amide bonds. The highest BCUT2D eigenvalue weighted by Gasteiger charge is 2.41. The molecular formula is C23H25N3O. The monoisotopic (exact) mass is 359 g/mol. The number of hydrogen-bond acceptors (Lipinski definition) is 2. The first kappa shape index (κ1) is 16.5. The Bertz CT molecular complexity index is 942. The molecule has 1 aromatic heterocycles. The van der Waals surface area contributed by atoms with Crippen LogP contribution in [0, 0.1) is 17.8 Å². The summed E-state index contributed by atoms with van der Waals surface area (Å²) in [4.78, 5) is 17.1. The third kappa shape index (κ3) is 3.61. The van der Waals surface area contributed by atoms with Crippen LogP contribution >= 0.6 is 0 Å². The first-order chi connectivity index (χ1) is 13.3. The number of fused-ring (bicyclic) bond motifs is 1. The molecule has 0 radical (unpaired) electrons. The Morgan fingerprint density at radius 1 is 1.07 bits per heavy atom. The van der Waals surface area contributed by atoms with Crippen LogP contribution < -0.4 is 5.32 Å². The van der Waals surface area contributed by atoms with Crippen molar-refractivity contribution in [2.75, 3.05) is 6.54 Å². The molecule has 1 N–H and O–H groups in total. The summed E-state index contributed by atoms with van der Waals surface area (Å²) >= 11 is 0. The van der Waals surface area contributed by atoms with E-state index < -0.39 is 0 Å². The number of nitrogens with one attached hydrogen (secondary N) is 1. The predicted octanol–water partition coefficient (Wildman–Crippen LogP) is 4.25. The van der Waals surface area contributed by atoms with E-state index >= 15 is 0 Å². The van der Waals surface area contributed by atoms with Crippen molar-refractivity contribution in [2.45, 2.75) is 32.2 Å². The third-order valence-corrected chi connectivity index (χ3v) is 6.03. The average molecular weight is 359 g/mol. The van der Waals surface area contributed by atoms with E-state index in [0.717, 1.165) is 36.0 Å². The van der Waals surface area contributed by atoms with Gasteiger partial charge in [0, 0.05) is 18.7 Å². The molecular weight excluding hydrogens is 334 g/mol. The summed E-state index contributed by atoms with van der Waals surface area (Å²) in [6.07, 6.45) is 7.25. The van der Waals surface area contributed by atoms with E-state index in [-0.39, 0.29) is 5.91 Å². The molecule has 2 aromatic carbocycles. The van der Waals surface area contributed by atoms with E-state index in [1.165, 1.54) is 31.2 Å². The molecule has 3 aromatic rings. The Morgan fingerprint density at radius 2 is 1.81 bits per heavy atom. The van der Waals surface area contributed by atoms with Crippen LogP contribution in [0.15, 0.2) is 54.9 Å². The molecule has 0 saturated heterocycles. The topological polar surface area (TPSA) is 46.9 Å². The molecule has 0 unspecified atom stereocenters. The third-order valence-electron chi connectivity index (χ3n) is 6.03. The number of hydrogen-bond donors (Lipinski definition) is 1. The lowest BCUT2D eigenvalue weighted by atomic mass is 9.98. The fraction of sp³-hybridized carbons (Fsp3) is 0.391.